The first kappa shape index (κ1) is 13.4. The topological polar surface area (TPSA) is 31.4 Å². The van der Waals surface area contributed by atoms with Crippen molar-refractivity contribution in [3.63, 3.8) is 0 Å². The zero-order valence-corrected chi connectivity index (χ0v) is 12.7. The van der Waals surface area contributed by atoms with Crippen LogP contribution in [0.15, 0.2) is 27.5 Å². The summed E-state index contributed by atoms with van der Waals surface area (Å²) in [5.74, 6) is 1.63. The Bertz CT molecular complexity index is 514. The molecule has 0 atom stereocenters. The SMILES string of the molecule is CCOc1cc(-c2cscn2)c(OCC)cc1Br. The second-order valence-corrected chi connectivity index (χ2v) is 5.09. The number of rotatable bonds is 5. The lowest BCUT2D eigenvalue weighted by atomic mass is 10.1. The van der Waals surface area contributed by atoms with E-state index >= 15 is 0 Å². The van der Waals surface area contributed by atoms with Crippen LogP contribution in [0.1, 0.15) is 13.8 Å². The van der Waals surface area contributed by atoms with Crippen LogP contribution >= 0.6 is 27.3 Å². The molecule has 1 aromatic carbocycles. The maximum absolute atomic E-state index is 5.65. The molecule has 1 heterocycles. The second kappa shape index (κ2) is 6.20. The Balaban J connectivity index is 2.49. The molecule has 0 radical (unpaired) electrons. The molecule has 0 spiro atoms. The van der Waals surface area contributed by atoms with Crippen LogP contribution in [0, 0.1) is 0 Å². The van der Waals surface area contributed by atoms with Crippen LogP contribution < -0.4 is 9.47 Å². The van der Waals surface area contributed by atoms with E-state index in [1.54, 1.807) is 11.3 Å². The van der Waals surface area contributed by atoms with Crippen LogP contribution in [0.4, 0.5) is 0 Å². The maximum Gasteiger partial charge on any atom is 0.134 e. The standard InChI is InChI=1S/C13H14BrNO2S/c1-3-16-12-6-10(14)13(17-4-2)5-9(12)11-7-18-8-15-11/h5-8H,3-4H2,1-2H3. The van der Waals surface area contributed by atoms with Crippen molar-refractivity contribution in [2.24, 2.45) is 0 Å². The monoisotopic (exact) mass is 327 g/mol. The van der Waals surface area contributed by atoms with Crippen LogP contribution in [0.2, 0.25) is 0 Å². The van der Waals surface area contributed by atoms with Crippen molar-refractivity contribution in [3.8, 4) is 22.8 Å². The van der Waals surface area contributed by atoms with Gasteiger partial charge in [-0.3, -0.25) is 0 Å². The number of hydrogen-bond acceptors (Lipinski definition) is 4. The molecular weight excluding hydrogens is 314 g/mol. The van der Waals surface area contributed by atoms with Gasteiger partial charge in [0.15, 0.2) is 0 Å². The van der Waals surface area contributed by atoms with Crippen LogP contribution in [-0.2, 0) is 0 Å². The van der Waals surface area contributed by atoms with Gasteiger partial charge in [-0.05, 0) is 41.9 Å². The summed E-state index contributed by atoms with van der Waals surface area (Å²) in [5.41, 5.74) is 3.69. The Labute approximate surface area is 119 Å². The first-order chi connectivity index (χ1) is 8.76. The molecule has 0 amide bonds. The average Bonchev–Trinajstić information content (AvgIpc) is 2.86. The van der Waals surface area contributed by atoms with Crippen molar-refractivity contribution in [1.29, 1.82) is 0 Å². The number of nitrogens with zero attached hydrogens (tertiary/aromatic N) is 1. The molecule has 0 aliphatic carbocycles. The van der Waals surface area contributed by atoms with Gasteiger partial charge in [-0.1, -0.05) is 0 Å². The van der Waals surface area contributed by atoms with Gasteiger partial charge in [0.25, 0.3) is 0 Å². The summed E-state index contributed by atoms with van der Waals surface area (Å²) in [6.45, 7) is 5.18. The lowest BCUT2D eigenvalue weighted by molar-refractivity contribution is 0.330. The predicted molar refractivity (Wildman–Crippen MR) is 77.6 cm³/mol. The summed E-state index contributed by atoms with van der Waals surface area (Å²) in [7, 11) is 0. The van der Waals surface area contributed by atoms with Gasteiger partial charge in [0.2, 0.25) is 0 Å². The van der Waals surface area contributed by atoms with E-state index in [-0.39, 0.29) is 0 Å². The molecule has 18 heavy (non-hydrogen) atoms. The highest BCUT2D eigenvalue weighted by Gasteiger charge is 2.13. The highest BCUT2D eigenvalue weighted by Crippen LogP contribution is 2.38. The summed E-state index contributed by atoms with van der Waals surface area (Å²) >= 11 is 5.06. The Morgan fingerprint density at radius 2 is 1.89 bits per heavy atom. The molecule has 96 valence electrons. The number of halogens is 1. The molecule has 3 nitrogen and oxygen atoms in total. The normalized spacial score (nSPS) is 10.4. The Kier molecular flexibility index (Phi) is 4.60. The van der Waals surface area contributed by atoms with Crippen molar-refractivity contribution < 1.29 is 9.47 Å². The van der Waals surface area contributed by atoms with Crippen molar-refractivity contribution in [1.82, 2.24) is 4.98 Å². The number of thiazole rings is 1. The summed E-state index contributed by atoms with van der Waals surface area (Å²) < 4.78 is 12.1. The zero-order valence-electron chi connectivity index (χ0n) is 10.3. The van der Waals surface area contributed by atoms with Gasteiger partial charge in [-0.2, -0.15) is 0 Å². The van der Waals surface area contributed by atoms with Gasteiger partial charge in [-0.15, -0.1) is 11.3 Å². The molecule has 1 aromatic heterocycles. The third-order valence-electron chi connectivity index (χ3n) is 2.34. The molecule has 0 unspecified atom stereocenters. The number of aromatic nitrogens is 1. The van der Waals surface area contributed by atoms with Gasteiger partial charge < -0.3 is 9.47 Å². The van der Waals surface area contributed by atoms with Crippen LogP contribution in [0.25, 0.3) is 11.3 Å². The minimum absolute atomic E-state index is 0.623. The molecular formula is C13H14BrNO2S. The third-order valence-corrected chi connectivity index (χ3v) is 3.55. The lowest BCUT2D eigenvalue weighted by Crippen LogP contribution is -1.98. The summed E-state index contributed by atoms with van der Waals surface area (Å²) in [6, 6.07) is 3.90. The zero-order chi connectivity index (χ0) is 13.0. The predicted octanol–water partition coefficient (Wildman–Crippen LogP) is 4.37. The van der Waals surface area contributed by atoms with E-state index in [4.69, 9.17) is 9.47 Å². The Morgan fingerprint density at radius 3 is 2.50 bits per heavy atom. The van der Waals surface area contributed by atoms with E-state index < -0.39 is 0 Å². The largest absolute Gasteiger partial charge is 0.493 e. The number of benzene rings is 1. The van der Waals surface area contributed by atoms with E-state index in [0.717, 1.165) is 27.2 Å². The van der Waals surface area contributed by atoms with Crippen LogP contribution in [0.3, 0.4) is 0 Å². The molecule has 0 saturated carbocycles. The van der Waals surface area contributed by atoms with Crippen LogP contribution in [0.5, 0.6) is 11.5 Å². The lowest BCUT2D eigenvalue weighted by Gasteiger charge is -2.13. The van der Waals surface area contributed by atoms with Gasteiger partial charge in [0, 0.05) is 10.9 Å². The second-order valence-electron chi connectivity index (χ2n) is 3.52. The smallest absolute Gasteiger partial charge is 0.134 e. The summed E-state index contributed by atoms with van der Waals surface area (Å²) in [6.07, 6.45) is 0. The third kappa shape index (κ3) is 2.84. The molecule has 0 bridgehead atoms. The molecule has 5 heteroatoms. The molecule has 2 aromatic rings. The first-order valence-electron chi connectivity index (χ1n) is 5.74. The highest BCUT2D eigenvalue weighted by molar-refractivity contribution is 9.10. The highest BCUT2D eigenvalue weighted by atomic mass is 79.9. The fourth-order valence-corrected chi connectivity index (χ4v) is 2.61. The van der Waals surface area contributed by atoms with Gasteiger partial charge >= 0.3 is 0 Å². The number of hydrogen-bond donors (Lipinski definition) is 0. The quantitative estimate of drug-likeness (QED) is 0.817. The van der Waals surface area contributed by atoms with Crippen molar-refractivity contribution in [3.05, 3.63) is 27.5 Å². The van der Waals surface area contributed by atoms with Gasteiger partial charge in [0.05, 0.1) is 28.9 Å². The van der Waals surface area contributed by atoms with E-state index in [1.807, 2.05) is 36.9 Å². The van der Waals surface area contributed by atoms with Crippen LogP contribution in [-0.4, -0.2) is 18.2 Å². The Morgan fingerprint density at radius 1 is 1.17 bits per heavy atom. The fourth-order valence-electron chi connectivity index (χ4n) is 1.62. The molecule has 0 aliphatic rings. The molecule has 0 fully saturated rings. The maximum atomic E-state index is 5.65. The average molecular weight is 328 g/mol. The van der Waals surface area contributed by atoms with Crippen molar-refractivity contribution in [2.45, 2.75) is 13.8 Å². The minimum atomic E-state index is 0.623. The fraction of sp³-hybridized carbons (Fsp3) is 0.308. The van der Waals surface area contributed by atoms with Crippen molar-refractivity contribution in [2.75, 3.05) is 13.2 Å². The van der Waals surface area contributed by atoms with E-state index in [0.29, 0.717) is 13.2 Å². The molecule has 0 saturated heterocycles. The summed E-state index contributed by atoms with van der Waals surface area (Å²) in [5, 5.41) is 2.00. The Hall–Kier alpha value is -1.07. The summed E-state index contributed by atoms with van der Waals surface area (Å²) in [4.78, 5) is 4.33. The van der Waals surface area contributed by atoms with Gasteiger partial charge in [0.1, 0.15) is 11.5 Å². The molecule has 0 N–H and O–H groups in total. The van der Waals surface area contributed by atoms with E-state index in [9.17, 15) is 0 Å². The van der Waals surface area contributed by atoms with Crippen molar-refractivity contribution >= 4 is 27.3 Å². The molecule has 0 aliphatic heterocycles. The molecule has 2 rings (SSSR count). The first-order valence-corrected chi connectivity index (χ1v) is 7.47. The van der Waals surface area contributed by atoms with Gasteiger partial charge in [-0.25, -0.2) is 4.98 Å². The van der Waals surface area contributed by atoms with E-state index in [2.05, 4.69) is 20.9 Å². The number of ether oxygens (including phenoxy) is 2. The van der Waals surface area contributed by atoms with E-state index in [1.165, 1.54) is 0 Å². The minimum Gasteiger partial charge on any atom is -0.493 e.